The topological polar surface area (TPSA) is 48.1 Å². The molecule has 0 bridgehead atoms. The fourth-order valence-electron chi connectivity index (χ4n) is 2.50. The van der Waals surface area contributed by atoms with Gasteiger partial charge in [-0.3, -0.25) is 4.98 Å². The fourth-order valence-corrected chi connectivity index (χ4v) is 2.50. The molecule has 0 spiro atoms. The molecule has 0 aliphatic heterocycles. The third-order valence-electron chi connectivity index (χ3n) is 3.41. The van der Waals surface area contributed by atoms with Crippen LogP contribution in [0.3, 0.4) is 0 Å². The number of nitrogens with zero attached hydrogens (tertiary/aromatic N) is 1. The summed E-state index contributed by atoms with van der Waals surface area (Å²) >= 11 is 0. The Bertz CT molecular complexity index is 534. The van der Waals surface area contributed by atoms with Gasteiger partial charge in [-0.05, 0) is 30.5 Å². The van der Waals surface area contributed by atoms with Crippen molar-refractivity contribution >= 4 is 10.9 Å². The van der Waals surface area contributed by atoms with Crippen molar-refractivity contribution in [2.45, 2.75) is 32.9 Å². The molecule has 2 unspecified atom stereocenters. The molecule has 0 aliphatic carbocycles. The fraction of sp³-hybridized carbons (Fsp3) is 0.438. The van der Waals surface area contributed by atoms with E-state index in [0.717, 1.165) is 16.5 Å². The normalized spacial score (nSPS) is 14.8. The number of hydrogen-bond acceptors (Lipinski definition) is 3. The van der Waals surface area contributed by atoms with Gasteiger partial charge in [0.15, 0.2) is 0 Å². The minimum absolute atomic E-state index is 0.0239. The Balaban J connectivity index is 2.42. The zero-order valence-corrected chi connectivity index (χ0v) is 11.8. The number of fused-ring (bicyclic) bond motifs is 1. The molecule has 2 N–H and O–H groups in total. The van der Waals surface area contributed by atoms with Crippen molar-refractivity contribution in [1.82, 2.24) is 4.98 Å². The van der Waals surface area contributed by atoms with E-state index >= 15 is 0 Å². The van der Waals surface area contributed by atoms with Gasteiger partial charge in [0.1, 0.15) is 0 Å². The van der Waals surface area contributed by atoms with Gasteiger partial charge in [0.25, 0.3) is 0 Å². The highest BCUT2D eigenvalue weighted by Gasteiger charge is 2.24. The molecular formula is C16H22N2O. The maximum atomic E-state index is 6.44. The van der Waals surface area contributed by atoms with Crippen LogP contribution < -0.4 is 5.73 Å². The maximum absolute atomic E-state index is 6.44. The largest absolute Gasteiger partial charge is 0.376 e. The van der Waals surface area contributed by atoms with E-state index in [9.17, 15) is 0 Å². The summed E-state index contributed by atoms with van der Waals surface area (Å²) in [5, 5.41) is 1.11. The van der Waals surface area contributed by atoms with Crippen molar-refractivity contribution in [3.63, 3.8) is 0 Å². The van der Waals surface area contributed by atoms with Crippen molar-refractivity contribution in [1.29, 1.82) is 0 Å². The summed E-state index contributed by atoms with van der Waals surface area (Å²) in [5.74, 6) is 0.377. The average molecular weight is 258 g/mol. The van der Waals surface area contributed by atoms with E-state index in [1.54, 1.807) is 6.20 Å². The molecule has 19 heavy (non-hydrogen) atoms. The Hall–Kier alpha value is -1.45. The van der Waals surface area contributed by atoms with Crippen molar-refractivity contribution in [2.24, 2.45) is 11.7 Å². The molecule has 0 radical (unpaired) electrons. The molecule has 0 amide bonds. The van der Waals surface area contributed by atoms with Crippen LogP contribution in [0.5, 0.6) is 0 Å². The van der Waals surface area contributed by atoms with Gasteiger partial charge in [-0.1, -0.05) is 32.0 Å². The minimum Gasteiger partial charge on any atom is -0.376 e. The first kappa shape index (κ1) is 14.0. The summed E-state index contributed by atoms with van der Waals surface area (Å²) in [5.41, 5.74) is 8.53. The van der Waals surface area contributed by atoms with E-state index in [0.29, 0.717) is 12.5 Å². The first-order valence-electron chi connectivity index (χ1n) is 6.86. The van der Waals surface area contributed by atoms with Crippen LogP contribution in [0.4, 0.5) is 0 Å². The van der Waals surface area contributed by atoms with Gasteiger partial charge in [-0.15, -0.1) is 0 Å². The average Bonchev–Trinajstić information content (AvgIpc) is 2.43. The Kier molecular flexibility index (Phi) is 4.51. The van der Waals surface area contributed by atoms with Crippen LogP contribution in [0.2, 0.25) is 0 Å². The quantitative estimate of drug-likeness (QED) is 0.895. The molecule has 0 saturated carbocycles. The third-order valence-corrected chi connectivity index (χ3v) is 3.41. The molecule has 0 aliphatic rings. The van der Waals surface area contributed by atoms with Gasteiger partial charge in [0.2, 0.25) is 0 Å². The molecule has 2 rings (SSSR count). The van der Waals surface area contributed by atoms with Crippen LogP contribution in [-0.2, 0) is 4.74 Å². The first-order chi connectivity index (χ1) is 9.15. The monoisotopic (exact) mass is 258 g/mol. The predicted molar refractivity (Wildman–Crippen MR) is 78.9 cm³/mol. The van der Waals surface area contributed by atoms with Crippen LogP contribution in [0.1, 0.15) is 32.4 Å². The molecule has 1 aromatic heterocycles. The Morgan fingerprint density at radius 1 is 1.21 bits per heavy atom. The number of benzene rings is 1. The zero-order valence-electron chi connectivity index (χ0n) is 11.8. The van der Waals surface area contributed by atoms with Gasteiger partial charge < -0.3 is 10.5 Å². The lowest BCUT2D eigenvalue weighted by Crippen LogP contribution is -2.33. The molecule has 2 atom stereocenters. The number of nitrogens with two attached hydrogens (primary N) is 1. The van der Waals surface area contributed by atoms with Crippen molar-refractivity contribution in [3.05, 3.63) is 42.1 Å². The summed E-state index contributed by atoms with van der Waals surface area (Å²) in [4.78, 5) is 4.38. The van der Waals surface area contributed by atoms with E-state index in [-0.39, 0.29) is 12.1 Å². The SMILES string of the molecule is CCOC(C(C)C)C(N)c1cccc2ncccc12. The van der Waals surface area contributed by atoms with E-state index in [1.165, 1.54) is 0 Å². The molecular weight excluding hydrogens is 236 g/mol. The molecule has 2 aromatic rings. The summed E-state index contributed by atoms with van der Waals surface area (Å²) in [6, 6.07) is 9.98. The van der Waals surface area contributed by atoms with E-state index < -0.39 is 0 Å². The van der Waals surface area contributed by atoms with Crippen LogP contribution >= 0.6 is 0 Å². The van der Waals surface area contributed by atoms with E-state index in [2.05, 4.69) is 31.0 Å². The highest BCUT2D eigenvalue weighted by Crippen LogP contribution is 2.27. The summed E-state index contributed by atoms with van der Waals surface area (Å²) in [6.07, 6.45) is 1.83. The standard InChI is InChI=1S/C16H22N2O/c1-4-19-16(11(2)3)15(17)13-7-5-9-14-12(13)8-6-10-18-14/h5-11,15-16H,4,17H2,1-3H3. The lowest BCUT2D eigenvalue weighted by Gasteiger charge is -2.28. The Morgan fingerprint density at radius 3 is 2.68 bits per heavy atom. The Morgan fingerprint density at radius 2 is 2.00 bits per heavy atom. The van der Waals surface area contributed by atoms with Gasteiger partial charge in [0, 0.05) is 18.2 Å². The second-order valence-electron chi connectivity index (χ2n) is 5.11. The molecule has 1 heterocycles. The predicted octanol–water partition coefficient (Wildman–Crippen LogP) is 3.30. The lowest BCUT2D eigenvalue weighted by atomic mass is 9.92. The Labute approximate surface area is 114 Å². The highest BCUT2D eigenvalue weighted by molar-refractivity contribution is 5.82. The van der Waals surface area contributed by atoms with Crippen molar-refractivity contribution < 1.29 is 4.74 Å². The number of ether oxygens (including phenoxy) is 1. The molecule has 3 nitrogen and oxygen atoms in total. The molecule has 3 heteroatoms. The minimum atomic E-state index is -0.132. The zero-order chi connectivity index (χ0) is 13.8. The lowest BCUT2D eigenvalue weighted by molar-refractivity contribution is 0.0124. The maximum Gasteiger partial charge on any atom is 0.0790 e. The number of pyridine rings is 1. The number of aromatic nitrogens is 1. The third kappa shape index (κ3) is 2.94. The van der Waals surface area contributed by atoms with Crippen molar-refractivity contribution in [2.75, 3.05) is 6.61 Å². The molecule has 0 saturated heterocycles. The molecule has 1 aromatic carbocycles. The summed E-state index contributed by atoms with van der Waals surface area (Å²) in [6.45, 7) is 6.97. The summed E-state index contributed by atoms with van der Waals surface area (Å²) < 4.78 is 5.82. The first-order valence-corrected chi connectivity index (χ1v) is 6.86. The van der Waals surface area contributed by atoms with Crippen LogP contribution in [0.15, 0.2) is 36.5 Å². The second-order valence-corrected chi connectivity index (χ2v) is 5.11. The van der Waals surface area contributed by atoms with Gasteiger partial charge in [-0.25, -0.2) is 0 Å². The van der Waals surface area contributed by atoms with E-state index in [4.69, 9.17) is 10.5 Å². The van der Waals surface area contributed by atoms with Gasteiger partial charge >= 0.3 is 0 Å². The summed E-state index contributed by atoms with van der Waals surface area (Å²) in [7, 11) is 0. The van der Waals surface area contributed by atoms with Crippen LogP contribution in [0.25, 0.3) is 10.9 Å². The van der Waals surface area contributed by atoms with Gasteiger partial charge in [0.05, 0.1) is 17.7 Å². The smallest absolute Gasteiger partial charge is 0.0790 e. The van der Waals surface area contributed by atoms with Gasteiger partial charge in [-0.2, -0.15) is 0 Å². The second kappa shape index (κ2) is 6.13. The van der Waals surface area contributed by atoms with Crippen molar-refractivity contribution in [3.8, 4) is 0 Å². The highest BCUT2D eigenvalue weighted by atomic mass is 16.5. The molecule has 102 valence electrons. The van der Waals surface area contributed by atoms with E-state index in [1.807, 2.05) is 25.1 Å². The van der Waals surface area contributed by atoms with Crippen LogP contribution in [-0.4, -0.2) is 17.7 Å². The molecule has 0 fully saturated rings. The number of rotatable bonds is 5. The van der Waals surface area contributed by atoms with Crippen LogP contribution in [0, 0.1) is 5.92 Å². The number of hydrogen-bond donors (Lipinski definition) is 1.